The van der Waals surface area contributed by atoms with Gasteiger partial charge in [-0.05, 0) is 35.7 Å². The van der Waals surface area contributed by atoms with Gasteiger partial charge in [-0.25, -0.2) is 4.98 Å². The van der Waals surface area contributed by atoms with Crippen LogP contribution in [0.25, 0.3) is 20.7 Å². The average molecular weight is 430 g/mol. The molecule has 2 heterocycles. The van der Waals surface area contributed by atoms with E-state index in [0.29, 0.717) is 15.8 Å². The minimum Gasteiger partial charge on any atom is -0.387 e. The minimum atomic E-state index is -4.44. The maximum atomic E-state index is 13.0. The zero-order valence-corrected chi connectivity index (χ0v) is 16.7. The summed E-state index contributed by atoms with van der Waals surface area (Å²) < 4.78 is 39.4. The number of benzene rings is 2. The summed E-state index contributed by atoms with van der Waals surface area (Å²) in [5, 5.41) is 10.9. The predicted octanol–water partition coefficient (Wildman–Crippen LogP) is 5.19. The highest BCUT2D eigenvalue weighted by Crippen LogP contribution is 2.35. The Morgan fingerprint density at radius 3 is 2.40 bits per heavy atom. The van der Waals surface area contributed by atoms with Crippen molar-refractivity contribution >= 4 is 21.6 Å². The Balaban J connectivity index is 1.66. The van der Waals surface area contributed by atoms with E-state index in [-0.39, 0.29) is 12.1 Å². The number of halogens is 3. The number of aryl methyl sites for hydroxylation is 1. The van der Waals surface area contributed by atoms with Crippen LogP contribution >= 0.6 is 11.3 Å². The van der Waals surface area contributed by atoms with E-state index in [1.165, 1.54) is 34.4 Å². The maximum Gasteiger partial charge on any atom is 0.416 e. The monoisotopic (exact) mass is 430 g/mol. The summed E-state index contributed by atoms with van der Waals surface area (Å²) in [6.07, 6.45) is -4.22. The van der Waals surface area contributed by atoms with E-state index in [9.17, 15) is 23.1 Å². The number of hydrogen-bond donors (Lipinski definition) is 1. The first kappa shape index (κ1) is 20.3. The lowest BCUT2D eigenvalue weighted by molar-refractivity contribution is -0.137. The lowest BCUT2D eigenvalue weighted by atomic mass is 10.1. The minimum absolute atomic E-state index is 0.108. The molecule has 0 radical (unpaired) electrons. The van der Waals surface area contributed by atoms with Crippen molar-refractivity contribution in [1.82, 2.24) is 9.55 Å². The van der Waals surface area contributed by atoms with Crippen molar-refractivity contribution in [1.29, 1.82) is 0 Å². The van der Waals surface area contributed by atoms with E-state index in [1.54, 1.807) is 0 Å². The first-order chi connectivity index (χ1) is 14.3. The molecular weight excluding hydrogens is 413 g/mol. The molecule has 2 aromatic carbocycles. The third-order valence-electron chi connectivity index (χ3n) is 4.95. The molecule has 1 N–H and O–H groups in total. The van der Waals surface area contributed by atoms with Gasteiger partial charge in [-0.3, -0.25) is 9.36 Å². The van der Waals surface area contributed by atoms with Gasteiger partial charge in [0.2, 0.25) is 0 Å². The summed E-state index contributed by atoms with van der Waals surface area (Å²) in [6.45, 7) is 1.75. The molecule has 2 aromatic heterocycles. The smallest absolute Gasteiger partial charge is 0.387 e. The molecule has 8 heteroatoms. The van der Waals surface area contributed by atoms with Gasteiger partial charge >= 0.3 is 6.18 Å². The molecule has 1 unspecified atom stereocenters. The molecule has 0 saturated carbocycles. The zero-order chi connectivity index (χ0) is 21.5. The summed E-state index contributed by atoms with van der Waals surface area (Å²) >= 11 is 1.43. The third kappa shape index (κ3) is 3.76. The lowest BCUT2D eigenvalue weighted by Gasteiger charge is -2.14. The fourth-order valence-electron chi connectivity index (χ4n) is 3.34. The van der Waals surface area contributed by atoms with Crippen LogP contribution < -0.4 is 5.56 Å². The highest BCUT2D eigenvalue weighted by Gasteiger charge is 2.30. The first-order valence-electron chi connectivity index (χ1n) is 9.15. The third-order valence-corrected chi connectivity index (χ3v) is 6.19. The van der Waals surface area contributed by atoms with Crippen LogP contribution in [-0.2, 0) is 12.7 Å². The second-order valence-electron chi connectivity index (χ2n) is 6.94. The van der Waals surface area contributed by atoms with E-state index >= 15 is 0 Å². The summed E-state index contributed by atoms with van der Waals surface area (Å²) in [5.41, 5.74) is 1.02. The summed E-state index contributed by atoms with van der Waals surface area (Å²) in [4.78, 5) is 18.9. The van der Waals surface area contributed by atoms with Gasteiger partial charge < -0.3 is 5.11 Å². The predicted molar refractivity (Wildman–Crippen MR) is 110 cm³/mol. The van der Waals surface area contributed by atoms with Crippen LogP contribution in [0.1, 0.15) is 22.8 Å². The molecule has 1 atom stereocenters. The molecule has 0 aliphatic carbocycles. The van der Waals surface area contributed by atoms with E-state index < -0.39 is 17.8 Å². The van der Waals surface area contributed by atoms with Crippen molar-refractivity contribution in [3.63, 3.8) is 0 Å². The van der Waals surface area contributed by atoms with Crippen LogP contribution in [0.3, 0.4) is 0 Å². The summed E-state index contributed by atoms with van der Waals surface area (Å²) in [7, 11) is 0. The largest absolute Gasteiger partial charge is 0.416 e. The Morgan fingerprint density at radius 2 is 1.77 bits per heavy atom. The number of rotatable bonds is 4. The zero-order valence-electron chi connectivity index (χ0n) is 15.8. The van der Waals surface area contributed by atoms with Crippen molar-refractivity contribution in [2.45, 2.75) is 25.7 Å². The van der Waals surface area contributed by atoms with Crippen LogP contribution in [0.5, 0.6) is 0 Å². The Hall–Kier alpha value is -2.97. The van der Waals surface area contributed by atoms with Gasteiger partial charge in [0.25, 0.3) is 5.56 Å². The Kier molecular flexibility index (Phi) is 5.21. The standard InChI is InChI=1S/C22H17F3N2O2S/c1-13-18-20(30-19(13)15-5-3-2-4-6-15)26-12-27(21(18)29)11-17(28)14-7-9-16(10-8-14)22(23,24)25/h2-10,12,17,28H,11H2,1H3. The number of aromatic nitrogens is 2. The second kappa shape index (κ2) is 7.70. The molecule has 4 aromatic rings. The molecule has 30 heavy (non-hydrogen) atoms. The number of alkyl halides is 3. The van der Waals surface area contributed by atoms with E-state index in [0.717, 1.165) is 28.1 Å². The highest BCUT2D eigenvalue weighted by molar-refractivity contribution is 7.22. The van der Waals surface area contributed by atoms with Gasteiger partial charge in [-0.1, -0.05) is 42.5 Å². The van der Waals surface area contributed by atoms with Crippen molar-refractivity contribution in [2.24, 2.45) is 0 Å². The van der Waals surface area contributed by atoms with Gasteiger partial charge in [0.05, 0.1) is 29.9 Å². The van der Waals surface area contributed by atoms with Gasteiger partial charge in [-0.15, -0.1) is 11.3 Å². The van der Waals surface area contributed by atoms with E-state index in [2.05, 4.69) is 4.98 Å². The molecule has 0 amide bonds. The number of nitrogens with zero attached hydrogens (tertiary/aromatic N) is 2. The first-order valence-corrected chi connectivity index (χ1v) is 9.96. The van der Waals surface area contributed by atoms with E-state index in [1.807, 2.05) is 37.3 Å². The quantitative estimate of drug-likeness (QED) is 0.485. The van der Waals surface area contributed by atoms with E-state index in [4.69, 9.17) is 0 Å². The number of fused-ring (bicyclic) bond motifs is 1. The van der Waals surface area contributed by atoms with Crippen molar-refractivity contribution in [3.05, 3.63) is 88.0 Å². The Labute approximate surface area is 173 Å². The van der Waals surface area contributed by atoms with Gasteiger partial charge in [0.1, 0.15) is 4.83 Å². The normalized spacial score (nSPS) is 13.0. The van der Waals surface area contributed by atoms with Crippen LogP contribution in [0.15, 0.2) is 65.7 Å². The second-order valence-corrected chi connectivity index (χ2v) is 7.94. The van der Waals surface area contributed by atoms with Crippen LogP contribution in [0, 0.1) is 6.92 Å². The molecule has 0 bridgehead atoms. The number of thiophene rings is 1. The fraction of sp³-hybridized carbons (Fsp3) is 0.182. The molecule has 0 aliphatic rings. The lowest BCUT2D eigenvalue weighted by Crippen LogP contribution is -2.23. The van der Waals surface area contributed by atoms with Crippen molar-refractivity contribution in [2.75, 3.05) is 0 Å². The molecule has 0 aliphatic heterocycles. The van der Waals surface area contributed by atoms with Crippen LogP contribution in [0.2, 0.25) is 0 Å². The number of hydrogen-bond acceptors (Lipinski definition) is 4. The topological polar surface area (TPSA) is 55.1 Å². The molecule has 0 saturated heterocycles. The average Bonchev–Trinajstić information content (AvgIpc) is 3.07. The summed E-state index contributed by atoms with van der Waals surface area (Å²) in [5.74, 6) is 0. The molecule has 4 nitrogen and oxygen atoms in total. The van der Waals surface area contributed by atoms with Gasteiger partial charge in [0, 0.05) is 4.88 Å². The van der Waals surface area contributed by atoms with Crippen LogP contribution in [0.4, 0.5) is 13.2 Å². The van der Waals surface area contributed by atoms with Gasteiger partial charge in [0.15, 0.2) is 0 Å². The molecule has 0 spiro atoms. The number of aliphatic hydroxyl groups excluding tert-OH is 1. The maximum absolute atomic E-state index is 13.0. The Morgan fingerprint density at radius 1 is 1.10 bits per heavy atom. The van der Waals surface area contributed by atoms with Gasteiger partial charge in [-0.2, -0.15) is 13.2 Å². The van der Waals surface area contributed by atoms with Crippen molar-refractivity contribution < 1.29 is 18.3 Å². The fourth-order valence-corrected chi connectivity index (χ4v) is 4.48. The Bertz CT molecular complexity index is 1250. The molecular formula is C22H17F3N2O2S. The molecule has 154 valence electrons. The summed E-state index contributed by atoms with van der Waals surface area (Å²) in [6, 6.07) is 13.9. The number of aliphatic hydroxyl groups is 1. The SMILES string of the molecule is Cc1c(-c2ccccc2)sc2ncn(CC(O)c3ccc(C(F)(F)F)cc3)c(=O)c12. The molecule has 4 rings (SSSR count). The highest BCUT2D eigenvalue weighted by atomic mass is 32.1. The van der Waals surface area contributed by atoms with Crippen LogP contribution in [-0.4, -0.2) is 14.7 Å². The molecule has 0 fully saturated rings. The van der Waals surface area contributed by atoms with Crippen molar-refractivity contribution in [3.8, 4) is 10.4 Å².